The third kappa shape index (κ3) is 7.98. The van der Waals surface area contributed by atoms with Gasteiger partial charge < -0.3 is 25.3 Å². The first-order chi connectivity index (χ1) is 15.5. The van der Waals surface area contributed by atoms with Crippen molar-refractivity contribution in [3.63, 3.8) is 0 Å². The number of halogens is 2. The molecular formula is C24H40FIN6O. The summed E-state index contributed by atoms with van der Waals surface area (Å²) < 4.78 is 14.9. The van der Waals surface area contributed by atoms with Crippen molar-refractivity contribution in [2.45, 2.75) is 39.7 Å². The second-order valence-electron chi connectivity index (χ2n) is 8.68. The van der Waals surface area contributed by atoms with E-state index in [-0.39, 0.29) is 35.7 Å². The number of hydrogen-bond donors (Lipinski definition) is 2. The topological polar surface area (TPSA) is 63.2 Å². The Morgan fingerprint density at radius 2 is 1.82 bits per heavy atom. The standard InChI is InChI=1S/C24H39FN6O.HI/c1-4-27-24(31-10-8-19(9-11-31)17-23(32)26-3)28-18-20-6-7-22(21(25)16-20)30-14-12-29(5-2)13-15-30;/h6-7,16,19H,4-5,8-15,17-18H2,1-3H3,(H,26,32)(H,27,28);1H. The molecule has 1 aromatic carbocycles. The van der Waals surface area contributed by atoms with E-state index in [4.69, 9.17) is 4.99 Å². The zero-order valence-electron chi connectivity index (χ0n) is 20.3. The number of piperazine rings is 1. The molecule has 33 heavy (non-hydrogen) atoms. The van der Waals surface area contributed by atoms with Gasteiger partial charge in [-0.25, -0.2) is 9.38 Å². The SMILES string of the molecule is CCNC(=NCc1ccc(N2CCN(CC)CC2)c(F)c1)N1CCC(CC(=O)NC)CC1.I. The van der Waals surface area contributed by atoms with E-state index in [9.17, 15) is 9.18 Å². The van der Waals surface area contributed by atoms with Gasteiger partial charge in [-0.05, 0) is 49.9 Å². The highest BCUT2D eigenvalue weighted by Crippen LogP contribution is 2.23. The Morgan fingerprint density at radius 1 is 1.12 bits per heavy atom. The van der Waals surface area contributed by atoms with Crippen LogP contribution in [-0.4, -0.2) is 81.1 Å². The maximum Gasteiger partial charge on any atom is 0.220 e. The number of nitrogens with one attached hydrogen (secondary N) is 2. The lowest BCUT2D eigenvalue weighted by atomic mass is 9.93. The van der Waals surface area contributed by atoms with E-state index in [1.54, 1.807) is 13.1 Å². The van der Waals surface area contributed by atoms with Crippen LogP contribution >= 0.6 is 24.0 Å². The zero-order valence-corrected chi connectivity index (χ0v) is 22.6. The highest BCUT2D eigenvalue weighted by Gasteiger charge is 2.23. The van der Waals surface area contributed by atoms with E-state index in [0.717, 1.165) is 76.7 Å². The summed E-state index contributed by atoms with van der Waals surface area (Å²) in [5, 5.41) is 6.08. The largest absolute Gasteiger partial charge is 0.367 e. The highest BCUT2D eigenvalue weighted by molar-refractivity contribution is 14.0. The van der Waals surface area contributed by atoms with Crippen LogP contribution in [0, 0.1) is 11.7 Å². The number of carbonyl (C=O) groups is 1. The van der Waals surface area contributed by atoms with E-state index < -0.39 is 0 Å². The van der Waals surface area contributed by atoms with Gasteiger partial charge in [-0.15, -0.1) is 24.0 Å². The predicted molar refractivity (Wildman–Crippen MR) is 144 cm³/mol. The molecule has 0 aromatic heterocycles. The molecule has 0 atom stereocenters. The van der Waals surface area contributed by atoms with Gasteiger partial charge in [-0.3, -0.25) is 4.79 Å². The molecule has 2 heterocycles. The van der Waals surface area contributed by atoms with Crippen LogP contribution < -0.4 is 15.5 Å². The second kappa shape index (κ2) is 13.9. The van der Waals surface area contributed by atoms with Gasteiger partial charge in [-0.2, -0.15) is 0 Å². The van der Waals surface area contributed by atoms with E-state index in [1.807, 2.05) is 12.1 Å². The van der Waals surface area contributed by atoms with Gasteiger partial charge >= 0.3 is 0 Å². The van der Waals surface area contributed by atoms with Gasteiger partial charge in [0.2, 0.25) is 5.91 Å². The summed E-state index contributed by atoms with van der Waals surface area (Å²) in [7, 11) is 1.69. The number of nitrogens with zero attached hydrogens (tertiary/aromatic N) is 4. The molecule has 0 radical (unpaired) electrons. The zero-order chi connectivity index (χ0) is 22.9. The molecule has 0 saturated carbocycles. The Hall–Kier alpha value is -1.62. The fourth-order valence-corrected chi connectivity index (χ4v) is 4.52. The van der Waals surface area contributed by atoms with Crippen LogP contribution in [0.5, 0.6) is 0 Å². The fraction of sp³-hybridized carbons (Fsp3) is 0.667. The molecular weight excluding hydrogens is 534 g/mol. The monoisotopic (exact) mass is 574 g/mol. The van der Waals surface area contributed by atoms with Crippen molar-refractivity contribution in [2.24, 2.45) is 10.9 Å². The first-order valence-electron chi connectivity index (χ1n) is 12.0. The lowest BCUT2D eigenvalue weighted by Gasteiger charge is -2.35. The summed E-state index contributed by atoms with van der Waals surface area (Å²) in [4.78, 5) is 23.2. The summed E-state index contributed by atoms with van der Waals surface area (Å²) >= 11 is 0. The fourth-order valence-electron chi connectivity index (χ4n) is 4.52. The number of benzene rings is 1. The lowest BCUT2D eigenvalue weighted by molar-refractivity contribution is -0.121. The molecule has 9 heteroatoms. The lowest BCUT2D eigenvalue weighted by Crippen LogP contribution is -2.46. The molecule has 186 valence electrons. The number of likely N-dealkylation sites (tertiary alicyclic amines) is 1. The number of anilines is 1. The summed E-state index contributed by atoms with van der Waals surface area (Å²) in [5.74, 6) is 1.24. The number of piperidine rings is 1. The molecule has 3 rings (SSSR count). The number of carbonyl (C=O) groups excluding carboxylic acids is 1. The number of rotatable bonds is 7. The van der Waals surface area contributed by atoms with Crippen LogP contribution in [0.3, 0.4) is 0 Å². The molecule has 0 aliphatic carbocycles. The third-order valence-corrected chi connectivity index (χ3v) is 6.59. The summed E-state index contributed by atoms with van der Waals surface area (Å²) in [5.41, 5.74) is 1.57. The Bertz CT molecular complexity index is 776. The minimum atomic E-state index is -0.164. The molecule has 0 unspecified atom stereocenters. The molecule has 0 bridgehead atoms. The number of hydrogen-bond acceptors (Lipinski definition) is 4. The van der Waals surface area contributed by atoms with Crippen LogP contribution in [0.25, 0.3) is 0 Å². The van der Waals surface area contributed by atoms with Crippen molar-refractivity contribution in [3.05, 3.63) is 29.6 Å². The van der Waals surface area contributed by atoms with Crippen LogP contribution in [0.15, 0.2) is 23.2 Å². The molecule has 2 saturated heterocycles. The summed E-state index contributed by atoms with van der Waals surface area (Å²) in [6.07, 6.45) is 2.55. The first-order valence-corrected chi connectivity index (χ1v) is 12.0. The van der Waals surface area contributed by atoms with Gasteiger partial charge in [-0.1, -0.05) is 13.0 Å². The van der Waals surface area contributed by atoms with E-state index >= 15 is 0 Å². The van der Waals surface area contributed by atoms with Gasteiger partial charge in [0, 0.05) is 59.3 Å². The van der Waals surface area contributed by atoms with Gasteiger partial charge in [0.05, 0.1) is 12.2 Å². The normalized spacial score (nSPS) is 18.1. The van der Waals surface area contributed by atoms with Crippen LogP contribution in [0.2, 0.25) is 0 Å². The van der Waals surface area contributed by atoms with Crippen LogP contribution in [-0.2, 0) is 11.3 Å². The molecule has 1 aromatic rings. The maximum atomic E-state index is 14.9. The number of likely N-dealkylation sites (N-methyl/N-ethyl adjacent to an activating group) is 1. The average Bonchev–Trinajstić information content (AvgIpc) is 2.82. The Morgan fingerprint density at radius 3 is 2.39 bits per heavy atom. The Balaban J connectivity index is 0.00000385. The molecule has 1 amide bonds. The first kappa shape index (κ1) is 27.6. The van der Waals surface area contributed by atoms with Crippen molar-refractivity contribution < 1.29 is 9.18 Å². The minimum Gasteiger partial charge on any atom is -0.367 e. The predicted octanol–water partition coefficient (Wildman–Crippen LogP) is 2.90. The maximum absolute atomic E-state index is 14.9. The second-order valence-corrected chi connectivity index (χ2v) is 8.68. The smallest absolute Gasteiger partial charge is 0.220 e. The van der Waals surface area contributed by atoms with Crippen molar-refractivity contribution in [2.75, 3.05) is 64.3 Å². The molecule has 2 aliphatic rings. The van der Waals surface area contributed by atoms with Gasteiger partial charge in [0.1, 0.15) is 5.82 Å². The van der Waals surface area contributed by atoms with E-state index in [2.05, 4.69) is 39.2 Å². The number of aliphatic imine (C=N–C) groups is 1. The highest BCUT2D eigenvalue weighted by atomic mass is 127. The molecule has 2 N–H and O–H groups in total. The Kier molecular flexibility index (Phi) is 11.7. The van der Waals surface area contributed by atoms with E-state index in [1.165, 1.54) is 0 Å². The third-order valence-electron chi connectivity index (χ3n) is 6.59. The quantitative estimate of drug-likeness (QED) is 0.298. The summed E-state index contributed by atoms with van der Waals surface area (Å²) in [6, 6.07) is 5.52. The van der Waals surface area contributed by atoms with Gasteiger partial charge in [0.25, 0.3) is 0 Å². The van der Waals surface area contributed by atoms with E-state index in [0.29, 0.717) is 24.6 Å². The van der Waals surface area contributed by atoms with Crippen molar-refractivity contribution in [1.29, 1.82) is 0 Å². The minimum absolute atomic E-state index is 0. The van der Waals surface area contributed by atoms with Crippen LogP contribution in [0.4, 0.5) is 10.1 Å². The Labute approximate surface area is 215 Å². The average molecular weight is 575 g/mol. The van der Waals surface area contributed by atoms with Crippen molar-refractivity contribution in [3.8, 4) is 0 Å². The summed E-state index contributed by atoms with van der Waals surface area (Å²) in [6.45, 7) is 11.9. The number of amides is 1. The van der Waals surface area contributed by atoms with Crippen molar-refractivity contribution >= 4 is 41.5 Å². The van der Waals surface area contributed by atoms with Crippen molar-refractivity contribution in [1.82, 2.24) is 20.4 Å². The van der Waals surface area contributed by atoms with Crippen LogP contribution in [0.1, 0.15) is 38.7 Å². The molecule has 0 spiro atoms. The molecule has 7 nitrogen and oxygen atoms in total. The molecule has 2 aliphatic heterocycles. The molecule has 2 fully saturated rings. The van der Waals surface area contributed by atoms with Gasteiger partial charge in [0.15, 0.2) is 5.96 Å². The number of guanidine groups is 1.